The number of aromatic nitrogens is 5. The molecule has 0 bridgehead atoms. The van der Waals surface area contributed by atoms with Gasteiger partial charge in [-0.05, 0) is 44.6 Å². The van der Waals surface area contributed by atoms with E-state index in [1.807, 2.05) is 20.8 Å². The Kier molecular flexibility index (Phi) is 9.59. The van der Waals surface area contributed by atoms with Crippen LogP contribution in [0.3, 0.4) is 0 Å². The SMILES string of the molecule is CCn1nccc1C(=O)N[C@H](C(=O)Nc1cnc(-c2c(C)n[nH]c2C)c(OC)c1)C(C1CCCCC1)C1CCCCC1. The summed E-state index contributed by atoms with van der Waals surface area (Å²) in [6.45, 7) is 6.40. The number of ether oxygens (including phenoxy) is 1. The molecule has 2 fully saturated rings. The number of methoxy groups -OCH3 is 1. The molecule has 2 amide bonds. The third-order valence-electron chi connectivity index (χ3n) is 9.30. The number of H-pyrrole nitrogens is 1. The van der Waals surface area contributed by atoms with Gasteiger partial charge in [0, 0.05) is 30.1 Å². The Bertz CT molecular complexity index is 1330. The van der Waals surface area contributed by atoms with Gasteiger partial charge in [-0.1, -0.05) is 64.2 Å². The van der Waals surface area contributed by atoms with E-state index < -0.39 is 6.04 Å². The van der Waals surface area contributed by atoms with E-state index in [-0.39, 0.29) is 17.7 Å². The fourth-order valence-corrected chi connectivity index (χ4v) is 7.27. The number of aromatic amines is 1. The lowest BCUT2D eigenvalue weighted by molar-refractivity contribution is -0.120. The van der Waals surface area contributed by atoms with Crippen LogP contribution in [0.4, 0.5) is 5.69 Å². The van der Waals surface area contributed by atoms with Crippen LogP contribution in [0.25, 0.3) is 11.3 Å². The molecule has 0 saturated heterocycles. The maximum Gasteiger partial charge on any atom is 0.270 e. The normalized spacial score (nSPS) is 17.3. The van der Waals surface area contributed by atoms with E-state index in [4.69, 9.17) is 4.74 Å². The molecule has 2 aliphatic rings. The maximum absolute atomic E-state index is 14.3. The Morgan fingerprint density at radius 3 is 2.31 bits per heavy atom. The Morgan fingerprint density at radius 2 is 1.74 bits per heavy atom. The van der Waals surface area contributed by atoms with Gasteiger partial charge in [0.2, 0.25) is 5.91 Å². The second kappa shape index (κ2) is 13.5. The van der Waals surface area contributed by atoms with Crippen molar-refractivity contribution in [3.63, 3.8) is 0 Å². The summed E-state index contributed by atoms with van der Waals surface area (Å²) in [4.78, 5) is 32.6. The zero-order valence-corrected chi connectivity index (χ0v) is 25.4. The first-order chi connectivity index (χ1) is 20.4. The van der Waals surface area contributed by atoms with Crippen LogP contribution in [0.5, 0.6) is 5.75 Å². The summed E-state index contributed by atoms with van der Waals surface area (Å²) in [5.74, 6) is 0.941. The van der Waals surface area contributed by atoms with Crippen molar-refractivity contribution in [2.45, 2.75) is 97.6 Å². The van der Waals surface area contributed by atoms with E-state index in [0.29, 0.717) is 41.2 Å². The number of pyridine rings is 1. The van der Waals surface area contributed by atoms with Crippen molar-refractivity contribution in [1.29, 1.82) is 0 Å². The predicted molar refractivity (Wildman–Crippen MR) is 162 cm³/mol. The molecular weight excluding hydrogens is 530 g/mol. The summed E-state index contributed by atoms with van der Waals surface area (Å²) in [6, 6.07) is 2.85. The maximum atomic E-state index is 14.3. The van der Waals surface area contributed by atoms with E-state index in [1.165, 1.54) is 38.5 Å². The van der Waals surface area contributed by atoms with Gasteiger partial charge in [0.25, 0.3) is 5.91 Å². The minimum Gasteiger partial charge on any atom is -0.494 e. The van der Waals surface area contributed by atoms with Crippen LogP contribution in [0.15, 0.2) is 24.5 Å². The topological polar surface area (TPSA) is 127 Å². The van der Waals surface area contributed by atoms with Crippen LogP contribution in [-0.2, 0) is 11.3 Å². The largest absolute Gasteiger partial charge is 0.494 e. The summed E-state index contributed by atoms with van der Waals surface area (Å²) >= 11 is 0. The minimum atomic E-state index is -0.673. The van der Waals surface area contributed by atoms with Crippen LogP contribution in [0.2, 0.25) is 0 Å². The van der Waals surface area contributed by atoms with Crippen LogP contribution in [0, 0.1) is 31.6 Å². The molecule has 42 heavy (non-hydrogen) atoms. The summed E-state index contributed by atoms with van der Waals surface area (Å²) < 4.78 is 7.38. The van der Waals surface area contributed by atoms with Crippen LogP contribution in [0.1, 0.15) is 93.0 Å². The Labute approximate surface area is 248 Å². The number of hydrogen-bond acceptors (Lipinski definition) is 6. The predicted octanol–water partition coefficient (Wildman–Crippen LogP) is 5.83. The van der Waals surface area contributed by atoms with Crippen molar-refractivity contribution in [1.82, 2.24) is 30.3 Å². The second-order valence-electron chi connectivity index (χ2n) is 11.9. The number of amides is 2. The quantitative estimate of drug-likeness (QED) is 0.279. The van der Waals surface area contributed by atoms with Gasteiger partial charge < -0.3 is 15.4 Å². The fourth-order valence-electron chi connectivity index (χ4n) is 7.27. The van der Waals surface area contributed by atoms with Crippen molar-refractivity contribution in [3.8, 4) is 17.0 Å². The summed E-state index contributed by atoms with van der Waals surface area (Å²) in [5, 5.41) is 17.9. The molecule has 5 rings (SSSR count). The number of nitrogens with one attached hydrogen (secondary N) is 3. The highest BCUT2D eigenvalue weighted by Crippen LogP contribution is 2.42. The Morgan fingerprint density at radius 1 is 1.07 bits per heavy atom. The van der Waals surface area contributed by atoms with Gasteiger partial charge in [-0.3, -0.25) is 24.4 Å². The molecule has 226 valence electrons. The van der Waals surface area contributed by atoms with E-state index in [2.05, 4.69) is 30.9 Å². The Hall–Kier alpha value is -3.69. The summed E-state index contributed by atoms with van der Waals surface area (Å²) in [5.41, 5.74) is 4.28. The first-order valence-corrected chi connectivity index (χ1v) is 15.6. The molecule has 10 heteroatoms. The zero-order chi connectivity index (χ0) is 29.6. The number of anilines is 1. The summed E-state index contributed by atoms with van der Waals surface area (Å²) in [6.07, 6.45) is 14.9. The molecular formula is C32H45N7O3. The van der Waals surface area contributed by atoms with Crippen molar-refractivity contribution in [2.24, 2.45) is 17.8 Å². The zero-order valence-electron chi connectivity index (χ0n) is 25.4. The van der Waals surface area contributed by atoms with E-state index in [1.54, 1.807) is 36.3 Å². The first-order valence-electron chi connectivity index (χ1n) is 15.6. The molecule has 0 radical (unpaired) electrons. The number of rotatable bonds is 10. The highest BCUT2D eigenvalue weighted by molar-refractivity contribution is 6.01. The Balaban J connectivity index is 1.47. The molecule has 0 aromatic carbocycles. The lowest BCUT2D eigenvalue weighted by Crippen LogP contribution is -2.53. The van der Waals surface area contributed by atoms with Gasteiger partial charge in [-0.2, -0.15) is 10.2 Å². The number of nitrogens with zero attached hydrogens (tertiary/aromatic N) is 4. The van der Waals surface area contributed by atoms with Crippen LogP contribution < -0.4 is 15.4 Å². The first kappa shape index (κ1) is 29.8. The van der Waals surface area contributed by atoms with E-state index in [0.717, 1.165) is 42.6 Å². The standard InChI is InChI=1S/C32H45N7O3/c1-5-39-25(16-17-34-39)31(40)36-30(28(22-12-8-6-9-13-22)23-14-10-7-11-15-23)32(41)35-24-18-26(42-4)29(33-19-24)27-20(2)37-38-21(27)3/h16-19,22-23,28,30H,5-15H2,1-4H3,(H,35,41)(H,36,40)(H,37,38)/t30-/m0/s1. The summed E-state index contributed by atoms with van der Waals surface area (Å²) in [7, 11) is 1.60. The van der Waals surface area contributed by atoms with Gasteiger partial charge in [0.1, 0.15) is 23.2 Å². The van der Waals surface area contributed by atoms with E-state index >= 15 is 0 Å². The molecule has 3 aromatic heterocycles. The number of aryl methyl sites for hydroxylation is 3. The van der Waals surface area contributed by atoms with Crippen molar-refractivity contribution in [3.05, 3.63) is 41.6 Å². The molecule has 3 N–H and O–H groups in total. The minimum absolute atomic E-state index is 0.0675. The van der Waals surface area contributed by atoms with Crippen LogP contribution in [-0.4, -0.2) is 49.9 Å². The smallest absolute Gasteiger partial charge is 0.270 e. The molecule has 0 spiro atoms. The van der Waals surface area contributed by atoms with Crippen molar-refractivity contribution in [2.75, 3.05) is 12.4 Å². The molecule has 10 nitrogen and oxygen atoms in total. The van der Waals surface area contributed by atoms with Crippen LogP contribution >= 0.6 is 0 Å². The lowest BCUT2D eigenvalue weighted by atomic mass is 9.66. The van der Waals surface area contributed by atoms with Gasteiger partial charge in [-0.15, -0.1) is 0 Å². The lowest BCUT2D eigenvalue weighted by Gasteiger charge is -2.42. The number of hydrogen-bond donors (Lipinski definition) is 3. The highest BCUT2D eigenvalue weighted by atomic mass is 16.5. The third-order valence-corrected chi connectivity index (χ3v) is 9.30. The average molecular weight is 576 g/mol. The fraction of sp³-hybridized carbons (Fsp3) is 0.594. The monoisotopic (exact) mass is 575 g/mol. The van der Waals surface area contributed by atoms with Gasteiger partial charge >= 0.3 is 0 Å². The van der Waals surface area contributed by atoms with Gasteiger partial charge in [-0.25, -0.2) is 0 Å². The van der Waals surface area contributed by atoms with Crippen molar-refractivity contribution >= 4 is 17.5 Å². The van der Waals surface area contributed by atoms with Gasteiger partial charge in [0.15, 0.2) is 0 Å². The van der Waals surface area contributed by atoms with Gasteiger partial charge in [0.05, 0.1) is 24.7 Å². The number of carbonyl (C=O) groups is 2. The average Bonchev–Trinajstić information content (AvgIpc) is 3.63. The molecule has 3 aromatic rings. The second-order valence-corrected chi connectivity index (χ2v) is 11.9. The molecule has 2 saturated carbocycles. The third kappa shape index (κ3) is 6.37. The van der Waals surface area contributed by atoms with Crippen molar-refractivity contribution < 1.29 is 14.3 Å². The van der Waals surface area contributed by atoms with E-state index in [9.17, 15) is 9.59 Å². The number of carbonyl (C=O) groups excluding carboxylic acids is 2. The molecule has 0 unspecified atom stereocenters. The molecule has 0 aliphatic heterocycles. The molecule has 2 aliphatic carbocycles. The molecule has 3 heterocycles. The highest BCUT2D eigenvalue weighted by Gasteiger charge is 2.41. The molecule has 1 atom stereocenters.